The number of carbonyl (C=O) groups excluding carboxylic acids is 1. The maximum absolute atomic E-state index is 12.7. The Morgan fingerprint density at radius 3 is 2.16 bits per heavy atom. The number of nitrogens with one attached hydrogen (secondary N) is 1. The quantitative estimate of drug-likeness (QED) is 0.268. The Labute approximate surface area is 153 Å². The Morgan fingerprint density at radius 1 is 1.08 bits per heavy atom. The van der Waals surface area contributed by atoms with Crippen LogP contribution in [0.3, 0.4) is 0 Å². The minimum Gasteiger partial charge on any atom is -0.481 e. The molecule has 1 amide bonds. The molecule has 25 heavy (non-hydrogen) atoms. The van der Waals surface area contributed by atoms with Crippen molar-refractivity contribution in [2.45, 2.75) is 72.3 Å². The van der Waals surface area contributed by atoms with Crippen molar-refractivity contribution in [3.8, 4) is 0 Å². The minimum atomic E-state index is -0.945. The molecular weight excluding hydrogens is 320 g/mol. The van der Waals surface area contributed by atoms with E-state index < -0.39 is 23.9 Å². The predicted octanol–water partition coefficient (Wildman–Crippen LogP) is 2.81. The van der Waals surface area contributed by atoms with Crippen LogP contribution in [0.1, 0.15) is 66.2 Å². The number of aliphatic carboxylic acids is 1. The third kappa shape index (κ3) is 10.4. The molecule has 0 aromatic heterocycles. The standard InChI is InChI=1S/C19H38N2O4/c1-7-8-9-10-11-14(2)12-17(16(4)19(24)25)18(23)20-21(5,6)13-15(3)22/h14-17,22H,7-13H2,1-6H3,(H-,20,23,24,25)/p+1. The first-order chi connectivity index (χ1) is 11.5. The van der Waals surface area contributed by atoms with Gasteiger partial charge in [0, 0.05) is 0 Å². The SMILES string of the molecule is CCCCCCC(C)CC(C(=O)N[N+](C)(C)CC(C)O)C(C)C(=O)O. The topological polar surface area (TPSA) is 86.6 Å². The molecular formula is C19H39N2O4+. The molecule has 6 heteroatoms. The first-order valence-electron chi connectivity index (χ1n) is 9.56. The molecule has 0 fully saturated rings. The summed E-state index contributed by atoms with van der Waals surface area (Å²) in [4.78, 5) is 24.2. The highest BCUT2D eigenvalue weighted by Gasteiger charge is 2.34. The van der Waals surface area contributed by atoms with Gasteiger partial charge in [-0.25, -0.2) is 10.0 Å². The van der Waals surface area contributed by atoms with Crippen molar-refractivity contribution >= 4 is 11.9 Å². The van der Waals surface area contributed by atoms with E-state index in [2.05, 4.69) is 19.3 Å². The van der Waals surface area contributed by atoms with Crippen LogP contribution in [0.2, 0.25) is 0 Å². The van der Waals surface area contributed by atoms with Crippen LogP contribution < -0.4 is 5.43 Å². The summed E-state index contributed by atoms with van der Waals surface area (Å²) in [6.07, 6.45) is 5.74. The fraction of sp³-hybridized carbons (Fsp3) is 0.895. The van der Waals surface area contributed by atoms with Crippen molar-refractivity contribution in [1.82, 2.24) is 5.43 Å². The second-order valence-corrected chi connectivity index (χ2v) is 8.12. The minimum absolute atomic E-state index is 0.129. The van der Waals surface area contributed by atoms with Gasteiger partial charge in [-0.3, -0.25) is 9.59 Å². The third-order valence-electron chi connectivity index (χ3n) is 4.67. The van der Waals surface area contributed by atoms with Gasteiger partial charge < -0.3 is 10.2 Å². The monoisotopic (exact) mass is 359 g/mol. The van der Waals surface area contributed by atoms with Crippen molar-refractivity contribution in [2.75, 3.05) is 20.6 Å². The van der Waals surface area contributed by atoms with Gasteiger partial charge in [0.15, 0.2) is 0 Å². The van der Waals surface area contributed by atoms with Crippen LogP contribution in [0.4, 0.5) is 0 Å². The fourth-order valence-electron chi connectivity index (χ4n) is 3.27. The maximum Gasteiger partial charge on any atom is 0.307 e. The smallest absolute Gasteiger partial charge is 0.307 e. The number of amides is 1. The van der Waals surface area contributed by atoms with Gasteiger partial charge in [0.1, 0.15) is 12.6 Å². The molecule has 0 bridgehead atoms. The second-order valence-electron chi connectivity index (χ2n) is 8.12. The molecule has 6 nitrogen and oxygen atoms in total. The molecule has 0 aromatic carbocycles. The molecule has 0 rings (SSSR count). The number of aliphatic hydroxyl groups excluding tert-OH is 1. The molecule has 148 valence electrons. The lowest BCUT2D eigenvalue weighted by molar-refractivity contribution is -0.927. The van der Waals surface area contributed by atoms with Gasteiger partial charge in [-0.05, 0) is 19.3 Å². The third-order valence-corrected chi connectivity index (χ3v) is 4.67. The number of quaternary nitrogens is 1. The summed E-state index contributed by atoms with van der Waals surface area (Å²) in [5, 5.41) is 18.9. The molecule has 4 atom stereocenters. The number of nitrogens with zero attached hydrogens (tertiary/aromatic N) is 1. The van der Waals surface area contributed by atoms with Gasteiger partial charge in [-0.2, -0.15) is 0 Å². The van der Waals surface area contributed by atoms with Crippen molar-refractivity contribution in [1.29, 1.82) is 0 Å². The first kappa shape index (κ1) is 23.9. The van der Waals surface area contributed by atoms with E-state index in [9.17, 15) is 19.8 Å². The van der Waals surface area contributed by atoms with E-state index in [0.717, 1.165) is 12.8 Å². The fourth-order valence-corrected chi connectivity index (χ4v) is 3.27. The lowest BCUT2D eigenvalue weighted by Crippen LogP contribution is -2.59. The van der Waals surface area contributed by atoms with Gasteiger partial charge in [0.05, 0.1) is 25.9 Å². The molecule has 0 saturated carbocycles. The maximum atomic E-state index is 12.7. The molecule has 0 aliphatic rings. The average molecular weight is 360 g/mol. The molecule has 0 radical (unpaired) electrons. The number of rotatable bonds is 13. The average Bonchev–Trinajstić information content (AvgIpc) is 2.46. The van der Waals surface area contributed by atoms with E-state index in [-0.39, 0.29) is 10.5 Å². The van der Waals surface area contributed by atoms with Crippen molar-refractivity contribution in [3.63, 3.8) is 0 Å². The second kappa shape index (κ2) is 11.5. The zero-order valence-electron chi connectivity index (χ0n) is 16.9. The number of hydrogen-bond acceptors (Lipinski definition) is 3. The number of carboxylic acids is 1. The molecule has 4 unspecified atom stereocenters. The number of likely N-dealkylation sites (N-methyl/N-ethyl adjacent to an activating group) is 1. The zero-order valence-corrected chi connectivity index (χ0v) is 16.9. The normalized spacial score (nSPS) is 16.8. The van der Waals surface area contributed by atoms with Crippen LogP contribution in [-0.2, 0) is 9.59 Å². The number of aliphatic hydroxyl groups is 1. The van der Waals surface area contributed by atoms with Crippen LogP contribution >= 0.6 is 0 Å². The highest BCUT2D eigenvalue weighted by atomic mass is 16.4. The summed E-state index contributed by atoms with van der Waals surface area (Å²) in [7, 11) is 3.59. The van der Waals surface area contributed by atoms with Crippen molar-refractivity contribution in [2.24, 2.45) is 17.8 Å². The van der Waals surface area contributed by atoms with Gasteiger partial charge in [-0.1, -0.05) is 52.9 Å². The van der Waals surface area contributed by atoms with E-state index in [1.165, 1.54) is 19.3 Å². The Hall–Kier alpha value is -1.14. The predicted molar refractivity (Wildman–Crippen MR) is 99.6 cm³/mol. The van der Waals surface area contributed by atoms with E-state index in [1.807, 2.05) is 0 Å². The van der Waals surface area contributed by atoms with E-state index >= 15 is 0 Å². The summed E-state index contributed by atoms with van der Waals surface area (Å²) >= 11 is 0. The Kier molecular flexibility index (Phi) is 10.9. The molecule has 0 heterocycles. The highest BCUT2D eigenvalue weighted by Crippen LogP contribution is 2.25. The van der Waals surface area contributed by atoms with Crippen molar-refractivity contribution in [3.05, 3.63) is 0 Å². The summed E-state index contributed by atoms with van der Waals surface area (Å²) < 4.78 is 0.129. The summed E-state index contributed by atoms with van der Waals surface area (Å²) in [5.41, 5.74) is 2.88. The van der Waals surface area contributed by atoms with Gasteiger partial charge >= 0.3 is 5.97 Å². The van der Waals surface area contributed by atoms with Crippen LogP contribution in [-0.4, -0.2) is 53.4 Å². The van der Waals surface area contributed by atoms with E-state index in [4.69, 9.17) is 0 Å². The van der Waals surface area contributed by atoms with Crippen LogP contribution in [0.5, 0.6) is 0 Å². The largest absolute Gasteiger partial charge is 0.481 e. The van der Waals surface area contributed by atoms with Gasteiger partial charge in [0.25, 0.3) is 5.91 Å². The van der Waals surface area contributed by atoms with E-state index in [0.29, 0.717) is 18.9 Å². The molecule has 0 saturated heterocycles. The van der Waals surface area contributed by atoms with Crippen molar-refractivity contribution < 1.29 is 24.4 Å². The highest BCUT2D eigenvalue weighted by molar-refractivity contribution is 5.83. The number of carboxylic acid groups (broad SMARTS) is 1. The van der Waals surface area contributed by atoms with Gasteiger partial charge in [0.2, 0.25) is 0 Å². The molecule has 3 N–H and O–H groups in total. The summed E-state index contributed by atoms with van der Waals surface area (Å²) in [6.45, 7) is 7.90. The zero-order chi connectivity index (χ0) is 19.6. The molecule has 0 aliphatic heterocycles. The summed E-state index contributed by atoms with van der Waals surface area (Å²) in [5.74, 6) is -2.18. The molecule has 0 spiro atoms. The lowest BCUT2D eigenvalue weighted by Gasteiger charge is -2.33. The Balaban J connectivity index is 4.87. The Morgan fingerprint density at radius 2 is 1.68 bits per heavy atom. The van der Waals surface area contributed by atoms with Crippen LogP contribution in [0.15, 0.2) is 0 Å². The molecule has 0 aliphatic carbocycles. The lowest BCUT2D eigenvalue weighted by atomic mass is 9.83. The Bertz CT molecular complexity index is 410. The van der Waals surface area contributed by atoms with Crippen LogP contribution in [0, 0.1) is 17.8 Å². The van der Waals surface area contributed by atoms with Gasteiger partial charge in [-0.15, -0.1) is 0 Å². The number of carbonyl (C=O) groups is 2. The summed E-state index contributed by atoms with van der Waals surface area (Å²) in [6, 6.07) is 0. The molecule has 0 aromatic rings. The number of unbranched alkanes of at least 4 members (excludes halogenated alkanes) is 3. The van der Waals surface area contributed by atoms with Crippen LogP contribution in [0.25, 0.3) is 0 Å². The first-order valence-corrected chi connectivity index (χ1v) is 9.56. The van der Waals surface area contributed by atoms with E-state index in [1.54, 1.807) is 27.9 Å². The number of hydrogen-bond donors (Lipinski definition) is 3.